The van der Waals surface area contributed by atoms with Crippen LogP contribution >= 0.6 is 15.9 Å². The Morgan fingerprint density at radius 1 is 1.09 bits per heavy atom. The number of benzene rings is 2. The van der Waals surface area contributed by atoms with E-state index in [0.29, 0.717) is 29.7 Å². The zero-order valence-corrected chi connectivity index (χ0v) is 20.6. The number of amides is 4. The van der Waals surface area contributed by atoms with Crippen molar-refractivity contribution in [3.8, 4) is 5.75 Å². The zero-order valence-electron chi connectivity index (χ0n) is 19.1. The minimum Gasteiger partial charge on any atom is -0.495 e. The van der Waals surface area contributed by atoms with Gasteiger partial charge in [0.05, 0.1) is 30.2 Å². The fourth-order valence-electron chi connectivity index (χ4n) is 5.34. The number of hydrogen-bond donors (Lipinski definition) is 1. The molecule has 0 spiro atoms. The van der Waals surface area contributed by atoms with E-state index in [4.69, 9.17) is 4.74 Å². The van der Waals surface area contributed by atoms with E-state index in [1.807, 2.05) is 26.0 Å². The van der Waals surface area contributed by atoms with Crippen LogP contribution in [0.5, 0.6) is 5.75 Å². The monoisotopic (exact) mass is 525 g/mol. The number of rotatable bonds is 3. The van der Waals surface area contributed by atoms with Crippen LogP contribution in [0.15, 0.2) is 34.8 Å². The van der Waals surface area contributed by atoms with Crippen LogP contribution in [-0.2, 0) is 16.1 Å². The van der Waals surface area contributed by atoms with E-state index in [1.54, 1.807) is 30.2 Å². The van der Waals surface area contributed by atoms with Crippen molar-refractivity contribution in [2.24, 2.45) is 0 Å². The lowest BCUT2D eigenvalue weighted by molar-refractivity contribution is -0.137. The second kappa shape index (κ2) is 8.23. The predicted octanol–water partition coefficient (Wildman–Crippen LogP) is 3.50. The Kier molecular flexibility index (Phi) is 5.47. The zero-order chi connectivity index (χ0) is 24.3. The molecule has 1 N–H and O–H groups in total. The quantitative estimate of drug-likeness (QED) is 0.618. The lowest BCUT2D eigenvalue weighted by atomic mass is 10.0. The van der Waals surface area contributed by atoms with Crippen LogP contribution in [0.3, 0.4) is 0 Å². The van der Waals surface area contributed by atoms with E-state index >= 15 is 0 Å². The molecule has 5 rings (SSSR count). The van der Waals surface area contributed by atoms with Crippen LogP contribution < -0.4 is 10.1 Å². The molecular formula is C25H24BrN3O5. The lowest BCUT2D eigenvalue weighted by Crippen LogP contribution is -2.53. The van der Waals surface area contributed by atoms with Crippen molar-refractivity contribution in [1.82, 2.24) is 15.1 Å². The number of ether oxygens (including phenoxy) is 1. The fourth-order valence-corrected chi connectivity index (χ4v) is 5.87. The molecule has 3 heterocycles. The van der Waals surface area contributed by atoms with Gasteiger partial charge in [-0.05, 0) is 71.6 Å². The molecule has 0 saturated carbocycles. The highest BCUT2D eigenvalue weighted by atomic mass is 79.9. The summed E-state index contributed by atoms with van der Waals surface area (Å²) in [6.45, 7) is 4.26. The third-order valence-electron chi connectivity index (χ3n) is 7.14. The fraction of sp³-hybridized carbons (Fsp3) is 0.360. The van der Waals surface area contributed by atoms with Gasteiger partial charge in [-0.1, -0.05) is 6.07 Å². The summed E-state index contributed by atoms with van der Waals surface area (Å²) in [4.78, 5) is 53.9. The molecule has 0 aromatic heterocycles. The van der Waals surface area contributed by atoms with Crippen LogP contribution in [0.4, 0.5) is 0 Å². The van der Waals surface area contributed by atoms with Gasteiger partial charge < -0.3 is 14.5 Å². The van der Waals surface area contributed by atoms with E-state index in [2.05, 4.69) is 21.2 Å². The highest BCUT2D eigenvalue weighted by Gasteiger charge is 2.43. The molecule has 34 heavy (non-hydrogen) atoms. The summed E-state index contributed by atoms with van der Waals surface area (Å²) in [5.41, 5.74) is 3.71. The molecular weight excluding hydrogens is 502 g/mol. The Morgan fingerprint density at radius 2 is 1.85 bits per heavy atom. The molecule has 0 unspecified atom stereocenters. The van der Waals surface area contributed by atoms with Gasteiger partial charge in [0, 0.05) is 23.1 Å². The Morgan fingerprint density at radius 3 is 2.56 bits per heavy atom. The summed E-state index contributed by atoms with van der Waals surface area (Å²) in [5.74, 6) is -0.441. The van der Waals surface area contributed by atoms with Gasteiger partial charge in [-0.25, -0.2) is 0 Å². The standard InChI is InChI=1S/C25H24BrN3O5/c1-12-15-6-7-19(26)22(34-3)18(15)11-28(12)24(32)14-4-5-16-17(10-14)13(2)29(25(16)33)20-8-9-21(30)27-23(20)31/h4-7,10,12-13,20H,8-9,11H2,1-3H3,(H,27,30,31)/t12-,13+,20-/m0/s1. The minimum absolute atomic E-state index is 0.128. The molecule has 0 radical (unpaired) electrons. The predicted molar refractivity (Wildman–Crippen MR) is 126 cm³/mol. The Hall–Kier alpha value is -3.20. The SMILES string of the molecule is COc1c(Br)ccc2c1CN(C(=O)c1ccc3c(c1)[C@@H](C)N([C@H]1CCC(=O)NC1=O)C3=O)[C@H]2C. The van der Waals surface area contributed by atoms with Gasteiger partial charge in [-0.2, -0.15) is 0 Å². The summed E-state index contributed by atoms with van der Waals surface area (Å²) in [6.07, 6.45) is 0.488. The number of hydrogen-bond acceptors (Lipinski definition) is 5. The minimum atomic E-state index is -0.703. The first-order valence-electron chi connectivity index (χ1n) is 11.2. The third-order valence-corrected chi connectivity index (χ3v) is 7.76. The molecule has 8 nitrogen and oxygen atoms in total. The molecule has 0 aliphatic carbocycles. The first kappa shape index (κ1) is 22.6. The number of nitrogens with zero attached hydrogens (tertiary/aromatic N) is 2. The number of methoxy groups -OCH3 is 1. The maximum absolute atomic E-state index is 13.5. The first-order valence-corrected chi connectivity index (χ1v) is 12.0. The van der Waals surface area contributed by atoms with E-state index in [1.165, 1.54) is 4.90 Å². The molecule has 3 atom stereocenters. The average Bonchev–Trinajstić information content (AvgIpc) is 3.27. The molecule has 2 aromatic carbocycles. The van der Waals surface area contributed by atoms with Gasteiger partial charge in [0.1, 0.15) is 11.8 Å². The number of nitrogens with one attached hydrogen (secondary N) is 1. The van der Waals surface area contributed by atoms with Gasteiger partial charge in [-0.3, -0.25) is 24.5 Å². The normalized spacial score (nSPS) is 23.6. The number of halogens is 1. The van der Waals surface area contributed by atoms with Crippen LogP contribution in [0, 0.1) is 0 Å². The number of carbonyl (C=O) groups is 4. The first-order chi connectivity index (χ1) is 16.2. The third kappa shape index (κ3) is 3.33. The Labute approximate surface area is 205 Å². The summed E-state index contributed by atoms with van der Waals surface area (Å²) < 4.78 is 6.40. The average molecular weight is 526 g/mol. The van der Waals surface area contributed by atoms with Gasteiger partial charge in [0.25, 0.3) is 11.8 Å². The van der Waals surface area contributed by atoms with Crippen molar-refractivity contribution in [1.29, 1.82) is 0 Å². The number of piperidine rings is 1. The molecule has 0 bridgehead atoms. The van der Waals surface area contributed by atoms with E-state index in [-0.39, 0.29) is 36.2 Å². The number of carbonyl (C=O) groups excluding carboxylic acids is 4. The molecule has 3 aliphatic rings. The van der Waals surface area contributed by atoms with Crippen molar-refractivity contribution in [3.05, 3.63) is 62.6 Å². The summed E-state index contributed by atoms with van der Waals surface area (Å²) in [5, 5.41) is 2.32. The van der Waals surface area contributed by atoms with Crippen LogP contribution in [-0.4, -0.2) is 46.6 Å². The van der Waals surface area contributed by atoms with Crippen molar-refractivity contribution >= 4 is 39.6 Å². The molecule has 4 amide bonds. The van der Waals surface area contributed by atoms with Crippen molar-refractivity contribution in [3.63, 3.8) is 0 Å². The number of fused-ring (bicyclic) bond motifs is 2. The van der Waals surface area contributed by atoms with Crippen LogP contribution in [0.25, 0.3) is 0 Å². The molecule has 176 valence electrons. The summed E-state index contributed by atoms with van der Waals surface area (Å²) in [7, 11) is 1.61. The summed E-state index contributed by atoms with van der Waals surface area (Å²) >= 11 is 3.51. The Balaban J connectivity index is 1.43. The van der Waals surface area contributed by atoms with Gasteiger partial charge in [0.15, 0.2) is 0 Å². The van der Waals surface area contributed by atoms with E-state index in [9.17, 15) is 19.2 Å². The maximum Gasteiger partial charge on any atom is 0.255 e. The highest BCUT2D eigenvalue weighted by Crippen LogP contribution is 2.43. The molecule has 1 fully saturated rings. The molecule has 2 aromatic rings. The molecule has 3 aliphatic heterocycles. The largest absolute Gasteiger partial charge is 0.495 e. The van der Waals surface area contributed by atoms with Crippen molar-refractivity contribution in [2.75, 3.05) is 7.11 Å². The topological polar surface area (TPSA) is 96.0 Å². The summed E-state index contributed by atoms with van der Waals surface area (Å²) in [6, 6.07) is 7.80. The van der Waals surface area contributed by atoms with Crippen LogP contribution in [0.2, 0.25) is 0 Å². The van der Waals surface area contributed by atoms with Crippen molar-refractivity contribution in [2.45, 2.75) is 51.4 Å². The van der Waals surface area contributed by atoms with Gasteiger partial charge >= 0.3 is 0 Å². The lowest BCUT2D eigenvalue weighted by Gasteiger charge is -2.32. The second-order valence-corrected chi connectivity index (χ2v) is 9.77. The van der Waals surface area contributed by atoms with Crippen LogP contribution in [0.1, 0.15) is 76.2 Å². The van der Waals surface area contributed by atoms with E-state index in [0.717, 1.165) is 21.3 Å². The molecule has 9 heteroatoms. The van der Waals surface area contributed by atoms with Gasteiger partial charge in [0.2, 0.25) is 11.8 Å². The maximum atomic E-state index is 13.5. The Bertz CT molecular complexity index is 1260. The van der Waals surface area contributed by atoms with Gasteiger partial charge in [-0.15, -0.1) is 0 Å². The number of imide groups is 1. The molecule has 1 saturated heterocycles. The smallest absolute Gasteiger partial charge is 0.255 e. The highest BCUT2D eigenvalue weighted by molar-refractivity contribution is 9.10. The second-order valence-electron chi connectivity index (χ2n) is 8.91. The van der Waals surface area contributed by atoms with E-state index < -0.39 is 11.9 Å². The van der Waals surface area contributed by atoms with Crippen molar-refractivity contribution < 1.29 is 23.9 Å².